The topological polar surface area (TPSA) is 32.3 Å². The highest BCUT2D eigenvalue weighted by Crippen LogP contribution is 2.31. The summed E-state index contributed by atoms with van der Waals surface area (Å²) >= 11 is 7.56. The molecule has 1 aromatic carbocycles. The minimum Gasteiger partial charge on any atom is -0.508 e. The molecule has 2 unspecified atom stereocenters. The summed E-state index contributed by atoms with van der Waals surface area (Å²) in [7, 11) is 0. The number of hydrogen-bond acceptors (Lipinski definition) is 3. The van der Waals surface area contributed by atoms with Gasteiger partial charge >= 0.3 is 0 Å². The molecule has 2 atom stereocenters. The number of halogens is 1. The van der Waals surface area contributed by atoms with E-state index < -0.39 is 0 Å². The third kappa shape index (κ3) is 3.50. The van der Waals surface area contributed by atoms with Gasteiger partial charge in [-0.3, -0.25) is 0 Å². The number of para-hydroxylation sites is 1. The lowest BCUT2D eigenvalue weighted by Gasteiger charge is -2.22. The highest BCUT2D eigenvalue weighted by Gasteiger charge is 2.17. The minimum absolute atomic E-state index is 0.136. The van der Waals surface area contributed by atoms with E-state index in [0.717, 1.165) is 16.3 Å². The van der Waals surface area contributed by atoms with Gasteiger partial charge in [-0.1, -0.05) is 36.7 Å². The second-order valence-corrected chi connectivity index (χ2v) is 6.30. The maximum atomic E-state index is 9.94. The van der Waals surface area contributed by atoms with Crippen LogP contribution in [0.2, 0.25) is 4.34 Å². The molecule has 2 rings (SSSR count). The van der Waals surface area contributed by atoms with Crippen molar-refractivity contribution in [1.29, 1.82) is 0 Å². The van der Waals surface area contributed by atoms with Gasteiger partial charge in [-0.25, -0.2) is 0 Å². The fraction of sp³-hybridized carbons (Fsp3) is 0.333. The van der Waals surface area contributed by atoms with Gasteiger partial charge in [0, 0.05) is 22.5 Å². The highest BCUT2D eigenvalue weighted by atomic mass is 35.5. The monoisotopic (exact) mass is 295 g/mol. The molecular weight excluding hydrogens is 278 g/mol. The Hall–Kier alpha value is -1.03. The van der Waals surface area contributed by atoms with Gasteiger partial charge in [-0.2, -0.15) is 0 Å². The molecular formula is C15H18ClNOS. The standard InChI is InChI=1S/C15H18ClNOS/c1-3-12(11-6-4-5-7-13(11)18)17-10(2)14-8-9-15(16)19-14/h4-10,12,17-18H,3H2,1-2H3. The second-order valence-electron chi connectivity index (χ2n) is 4.55. The van der Waals surface area contributed by atoms with E-state index in [1.165, 1.54) is 4.88 Å². The first kappa shape index (κ1) is 14.4. The molecule has 0 aliphatic heterocycles. The Morgan fingerprint density at radius 3 is 2.58 bits per heavy atom. The Balaban J connectivity index is 2.13. The fourth-order valence-corrected chi connectivity index (χ4v) is 3.23. The number of benzene rings is 1. The van der Waals surface area contributed by atoms with Crippen molar-refractivity contribution in [3.8, 4) is 5.75 Å². The fourth-order valence-electron chi connectivity index (χ4n) is 2.15. The van der Waals surface area contributed by atoms with E-state index in [0.29, 0.717) is 5.75 Å². The van der Waals surface area contributed by atoms with Crippen LogP contribution in [0.5, 0.6) is 5.75 Å². The van der Waals surface area contributed by atoms with Crippen molar-refractivity contribution < 1.29 is 5.11 Å². The van der Waals surface area contributed by atoms with Gasteiger partial charge in [0.1, 0.15) is 5.75 Å². The quantitative estimate of drug-likeness (QED) is 0.821. The molecule has 1 heterocycles. The van der Waals surface area contributed by atoms with Crippen LogP contribution >= 0.6 is 22.9 Å². The first-order valence-corrected chi connectivity index (χ1v) is 7.60. The van der Waals surface area contributed by atoms with Crippen LogP contribution in [0, 0.1) is 0 Å². The van der Waals surface area contributed by atoms with Crippen LogP contribution in [-0.4, -0.2) is 5.11 Å². The van der Waals surface area contributed by atoms with E-state index in [4.69, 9.17) is 11.6 Å². The van der Waals surface area contributed by atoms with Crippen LogP contribution in [0.25, 0.3) is 0 Å². The number of hydrogen-bond donors (Lipinski definition) is 2. The molecule has 19 heavy (non-hydrogen) atoms. The third-order valence-corrected chi connectivity index (χ3v) is 4.61. The maximum absolute atomic E-state index is 9.94. The smallest absolute Gasteiger partial charge is 0.120 e. The lowest BCUT2D eigenvalue weighted by atomic mass is 10.0. The van der Waals surface area contributed by atoms with Crippen LogP contribution < -0.4 is 5.32 Å². The average Bonchev–Trinajstić information content (AvgIpc) is 2.83. The van der Waals surface area contributed by atoms with Crippen LogP contribution in [0.1, 0.15) is 42.8 Å². The van der Waals surface area contributed by atoms with Crippen molar-refractivity contribution in [2.24, 2.45) is 0 Å². The van der Waals surface area contributed by atoms with Gasteiger partial charge < -0.3 is 10.4 Å². The molecule has 0 saturated carbocycles. The molecule has 0 aliphatic rings. The van der Waals surface area contributed by atoms with E-state index in [2.05, 4.69) is 19.2 Å². The molecule has 0 saturated heterocycles. The van der Waals surface area contributed by atoms with Gasteiger partial charge in [-0.15, -0.1) is 11.3 Å². The summed E-state index contributed by atoms with van der Waals surface area (Å²) in [6, 6.07) is 11.8. The Morgan fingerprint density at radius 2 is 2.00 bits per heavy atom. The predicted molar refractivity (Wildman–Crippen MR) is 82.0 cm³/mol. The molecule has 2 N–H and O–H groups in total. The summed E-state index contributed by atoms with van der Waals surface area (Å²) in [5.74, 6) is 0.346. The van der Waals surface area contributed by atoms with Crippen molar-refractivity contribution in [3.05, 3.63) is 51.2 Å². The van der Waals surface area contributed by atoms with Gasteiger partial charge in [0.2, 0.25) is 0 Å². The van der Waals surface area contributed by atoms with E-state index >= 15 is 0 Å². The van der Waals surface area contributed by atoms with Crippen molar-refractivity contribution >= 4 is 22.9 Å². The summed E-state index contributed by atoms with van der Waals surface area (Å²) in [5.41, 5.74) is 0.944. The van der Waals surface area contributed by atoms with Crippen LogP contribution in [0.15, 0.2) is 36.4 Å². The number of thiophene rings is 1. The molecule has 2 aromatic rings. The Bertz CT molecular complexity index is 540. The molecule has 1 aromatic heterocycles. The van der Waals surface area contributed by atoms with Crippen LogP contribution in [0.4, 0.5) is 0 Å². The molecule has 0 fully saturated rings. The Labute approximate surface area is 123 Å². The molecule has 0 radical (unpaired) electrons. The first-order chi connectivity index (χ1) is 9.11. The van der Waals surface area contributed by atoms with Gasteiger partial charge in [0.15, 0.2) is 0 Å². The number of phenols is 1. The first-order valence-electron chi connectivity index (χ1n) is 6.41. The summed E-state index contributed by atoms with van der Waals surface area (Å²) in [6.45, 7) is 4.23. The van der Waals surface area contributed by atoms with E-state index in [9.17, 15) is 5.11 Å². The van der Waals surface area contributed by atoms with Crippen molar-refractivity contribution in [2.75, 3.05) is 0 Å². The summed E-state index contributed by atoms with van der Waals surface area (Å²) in [6.07, 6.45) is 0.918. The summed E-state index contributed by atoms with van der Waals surface area (Å²) in [4.78, 5) is 1.21. The second kappa shape index (κ2) is 6.42. The zero-order chi connectivity index (χ0) is 13.8. The molecule has 2 nitrogen and oxygen atoms in total. The third-order valence-electron chi connectivity index (χ3n) is 3.19. The zero-order valence-corrected chi connectivity index (χ0v) is 12.6. The van der Waals surface area contributed by atoms with Crippen molar-refractivity contribution in [3.63, 3.8) is 0 Å². The molecule has 0 spiro atoms. The number of nitrogens with one attached hydrogen (secondary N) is 1. The van der Waals surface area contributed by atoms with E-state index in [1.807, 2.05) is 30.3 Å². The van der Waals surface area contributed by atoms with Gasteiger partial charge in [0.25, 0.3) is 0 Å². The van der Waals surface area contributed by atoms with Crippen LogP contribution in [0.3, 0.4) is 0 Å². The SMILES string of the molecule is CCC(NC(C)c1ccc(Cl)s1)c1ccccc1O. The molecule has 0 aliphatic carbocycles. The number of aromatic hydroxyl groups is 1. The van der Waals surface area contributed by atoms with Gasteiger partial charge in [0.05, 0.1) is 4.34 Å². The van der Waals surface area contributed by atoms with E-state index in [-0.39, 0.29) is 12.1 Å². The predicted octanol–water partition coefficient (Wildman–Crippen LogP) is 4.91. The lowest BCUT2D eigenvalue weighted by molar-refractivity contribution is 0.421. The minimum atomic E-state index is 0.136. The molecule has 102 valence electrons. The van der Waals surface area contributed by atoms with E-state index in [1.54, 1.807) is 17.4 Å². The average molecular weight is 296 g/mol. The lowest BCUT2D eigenvalue weighted by Crippen LogP contribution is -2.23. The largest absolute Gasteiger partial charge is 0.508 e. The van der Waals surface area contributed by atoms with Crippen LogP contribution in [-0.2, 0) is 0 Å². The van der Waals surface area contributed by atoms with Crippen molar-refractivity contribution in [1.82, 2.24) is 5.32 Å². The van der Waals surface area contributed by atoms with Gasteiger partial charge in [-0.05, 0) is 31.5 Å². The molecule has 0 amide bonds. The summed E-state index contributed by atoms with van der Waals surface area (Å²) in [5, 5.41) is 13.5. The molecule has 0 bridgehead atoms. The maximum Gasteiger partial charge on any atom is 0.120 e. The number of rotatable bonds is 5. The number of phenolic OH excluding ortho intramolecular Hbond substituents is 1. The highest BCUT2D eigenvalue weighted by molar-refractivity contribution is 7.16. The zero-order valence-electron chi connectivity index (χ0n) is 11.1. The normalized spacial score (nSPS) is 14.3. The summed E-state index contributed by atoms with van der Waals surface area (Å²) < 4.78 is 0.805. The van der Waals surface area contributed by atoms with Crippen molar-refractivity contribution in [2.45, 2.75) is 32.4 Å². The molecule has 4 heteroatoms. The Morgan fingerprint density at radius 1 is 1.26 bits per heavy atom. The Kier molecular flexibility index (Phi) is 4.86.